The van der Waals surface area contributed by atoms with Crippen molar-refractivity contribution in [2.75, 3.05) is 5.73 Å². The summed E-state index contributed by atoms with van der Waals surface area (Å²) in [4.78, 5) is 21.3. The van der Waals surface area contributed by atoms with Gasteiger partial charge in [0.2, 0.25) is 12.3 Å². The van der Waals surface area contributed by atoms with Crippen LogP contribution in [-0.4, -0.2) is 15.0 Å². The van der Waals surface area contributed by atoms with Crippen LogP contribution in [0, 0.1) is 0 Å². The molecule has 0 atom stereocenters. The fourth-order valence-corrected chi connectivity index (χ4v) is 2.09. The number of halogens is 1. The normalized spacial score (nSPS) is 11.0. The molecule has 6 nitrogen and oxygen atoms in total. The van der Waals surface area contributed by atoms with Crippen molar-refractivity contribution in [1.82, 2.24) is 15.0 Å². The van der Waals surface area contributed by atoms with Gasteiger partial charge in [-0.25, -0.2) is 9.55 Å². The summed E-state index contributed by atoms with van der Waals surface area (Å²) in [5.41, 5.74) is 7.19. The molecule has 7 heteroatoms. The van der Waals surface area contributed by atoms with E-state index >= 15 is 0 Å². The van der Waals surface area contributed by atoms with Crippen molar-refractivity contribution in [2.24, 2.45) is 0 Å². The number of imidazole rings is 1. The maximum Gasteiger partial charge on any atom is 0.304 e. The van der Waals surface area contributed by atoms with Gasteiger partial charge in [0.25, 0.3) is 11.2 Å². The lowest BCUT2D eigenvalue weighted by Crippen LogP contribution is -2.36. The fourth-order valence-electron chi connectivity index (χ4n) is 1.97. The molecule has 3 rings (SSSR count). The molecular weight excluding hydrogens is 266 g/mol. The molecular formula is C12H11ClN5O+. The number of rotatable bonds is 2. The van der Waals surface area contributed by atoms with Crippen LogP contribution in [0.2, 0.25) is 5.02 Å². The third-order valence-corrected chi connectivity index (χ3v) is 3.08. The molecule has 2 heterocycles. The summed E-state index contributed by atoms with van der Waals surface area (Å²) in [5, 5.41) is 0.681. The zero-order valence-electron chi connectivity index (χ0n) is 9.85. The Kier molecular flexibility index (Phi) is 2.72. The number of fused-ring (bicyclic) bond motifs is 1. The molecule has 2 aromatic heterocycles. The zero-order chi connectivity index (χ0) is 13.4. The van der Waals surface area contributed by atoms with Gasteiger partial charge in [-0.1, -0.05) is 23.7 Å². The topological polar surface area (TPSA) is 91.4 Å². The monoisotopic (exact) mass is 276 g/mol. The van der Waals surface area contributed by atoms with Gasteiger partial charge in [-0.15, -0.1) is 0 Å². The van der Waals surface area contributed by atoms with Gasteiger partial charge >= 0.3 is 5.56 Å². The van der Waals surface area contributed by atoms with Crippen LogP contribution >= 0.6 is 11.6 Å². The molecule has 0 aliphatic heterocycles. The third kappa shape index (κ3) is 2.17. The van der Waals surface area contributed by atoms with E-state index in [9.17, 15) is 4.79 Å². The average molecular weight is 277 g/mol. The van der Waals surface area contributed by atoms with Crippen molar-refractivity contribution < 1.29 is 4.57 Å². The molecule has 0 unspecified atom stereocenters. The van der Waals surface area contributed by atoms with E-state index in [1.54, 1.807) is 10.9 Å². The number of benzene rings is 1. The molecule has 0 bridgehead atoms. The minimum absolute atomic E-state index is 0.0954. The second-order valence-corrected chi connectivity index (χ2v) is 4.61. The van der Waals surface area contributed by atoms with Crippen LogP contribution < -0.4 is 15.9 Å². The van der Waals surface area contributed by atoms with Gasteiger partial charge in [-0.05, 0) is 17.7 Å². The second kappa shape index (κ2) is 4.40. The Morgan fingerprint density at radius 3 is 2.79 bits per heavy atom. The highest BCUT2D eigenvalue weighted by atomic mass is 35.5. The highest BCUT2D eigenvalue weighted by Gasteiger charge is 2.16. The van der Waals surface area contributed by atoms with Gasteiger partial charge in [0.15, 0.2) is 0 Å². The lowest BCUT2D eigenvalue weighted by Gasteiger charge is -1.99. The van der Waals surface area contributed by atoms with Gasteiger partial charge in [0.1, 0.15) is 6.54 Å². The van der Waals surface area contributed by atoms with E-state index in [0.29, 0.717) is 22.7 Å². The summed E-state index contributed by atoms with van der Waals surface area (Å²) in [6.45, 7) is 0.547. The van der Waals surface area contributed by atoms with Crippen LogP contribution in [0.4, 0.5) is 5.95 Å². The Morgan fingerprint density at radius 1 is 1.32 bits per heavy atom. The van der Waals surface area contributed by atoms with Gasteiger partial charge in [0, 0.05) is 5.02 Å². The minimum atomic E-state index is -0.266. The number of nitrogen functional groups attached to an aromatic ring is 1. The maximum atomic E-state index is 11.9. The summed E-state index contributed by atoms with van der Waals surface area (Å²) in [6.07, 6.45) is 1.70. The number of hydrogen-bond acceptors (Lipinski definition) is 3. The maximum absolute atomic E-state index is 11.9. The third-order valence-electron chi connectivity index (χ3n) is 2.82. The van der Waals surface area contributed by atoms with E-state index in [0.717, 1.165) is 5.56 Å². The van der Waals surface area contributed by atoms with Crippen LogP contribution in [0.5, 0.6) is 0 Å². The standard InChI is InChI=1S/C12H10ClN5O/c13-8-3-1-7(2-4-8)5-18-6-15-10-9(18)11(19)17-12(14)16-10/h1-4,6H,5H2,(H3,14,16,17,19)/p+1. The van der Waals surface area contributed by atoms with E-state index in [1.807, 2.05) is 24.3 Å². The predicted octanol–water partition coefficient (Wildman–Crippen LogP) is 0.823. The Labute approximate surface area is 112 Å². The molecule has 0 spiro atoms. The number of nitrogens with two attached hydrogens (primary N) is 1. The molecule has 3 aromatic rings. The molecule has 4 N–H and O–H groups in total. The highest BCUT2D eigenvalue weighted by Crippen LogP contribution is 2.09. The largest absolute Gasteiger partial charge is 0.369 e. The van der Waals surface area contributed by atoms with E-state index < -0.39 is 0 Å². The summed E-state index contributed by atoms with van der Waals surface area (Å²) in [7, 11) is 0. The smallest absolute Gasteiger partial charge is 0.304 e. The Morgan fingerprint density at radius 2 is 2.05 bits per heavy atom. The lowest BCUT2D eigenvalue weighted by molar-refractivity contribution is -0.662. The van der Waals surface area contributed by atoms with E-state index in [4.69, 9.17) is 17.3 Å². The summed E-state index contributed by atoms with van der Waals surface area (Å²) in [5.74, 6) is 0.0954. The Bertz CT molecular complexity index is 790. The van der Waals surface area contributed by atoms with Crippen molar-refractivity contribution >= 4 is 28.7 Å². The average Bonchev–Trinajstić information content (AvgIpc) is 2.75. The van der Waals surface area contributed by atoms with E-state index in [-0.39, 0.29) is 11.5 Å². The second-order valence-electron chi connectivity index (χ2n) is 4.18. The SMILES string of the molecule is Nc1nc2[nH]c[n+](Cc3ccc(Cl)cc3)c2c(=O)[nH]1. The molecule has 0 saturated carbocycles. The number of aromatic amines is 2. The Hall–Kier alpha value is -2.34. The Balaban J connectivity index is 2.06. The van der Waals surface area contributed by atoms with Crippen molar-refractivity contribution in [1.29, 1.82) is 0 Å². The molecule has 0 amide bonds. The molecule has 1 aromatic carbocycles. The molecule has 0 fully saturated rings. The van der Waals surface area contributed by atoms with Gasteiger partial charge in [-0.3, -0.25) is 9.78 Å². The summed E-state index contributed by atoms with van der Waals surface area (Å²) in [6, 6.07) is 7.44. The minimum Gasteiger partial charge on any atom is -0.369 e. The fraction of sp³-hybridized carbons (Fsp3) is 0.0833. The first kappa shape index (κ1) is 11.7. The van der Waals surface area contributed by atoms with Gasteiger partial charge in [0.05, 0.1) is 0 Å². The summed E-state index contributed by atoms with van der Waals surface area (Å²) < 4.78 is 1.78. The molecule has 19 heavy (non-hydrogen) atoms. The highest BCUT2D eigenvalue weighted by molar-refractivity contribution is 6.30. The first-order chi connectivity index (χ1) is 9.13. The first-order valence-corrected chi connectivity index (χ1v) is 6.02. The molecule has 96 valence electrons. The van der Waals surface area contributed by atoms with Crippen LogP contribution in [0.25, 0.3) is 11.2 Å². The predicted molar refractivity (Wildman–Crippen MR) is 71.9 cm³/mol. The molecule has 0 radical (unpaired) electrons. The van der Waals surface area contributed by atoms with Crippen LogP contribution in [0.15, 0.2) is 35.4 Å². The molecule has 0 aliphatic carbocycles. The van der Waals surface area contributed by atoms with Crippen LogP contribution in [-0.2, 0) is 6.54 Å². The van der Waals surface area contributed by atoms with Gasteiger partial charge in [-0.2, -0.15) is 4.98 Å². The molecule has 0 saturated heterocycles. The molecule has 0 aliphatic rings. The number of hydrogen-bond donors (Lipinski definition) is 3. The van der Waals surface area contributed by atoms with Crippen molar-refractivity contribution in [3.63, 3.8) is 0 Å². The number of anilines is 1. The lowest BCUT2D eigenvalue weighted by atomic mass is 10.2. The van der Waals surface area contributed by atoms with Crippen molar-refractivity contribution in [2.45, 2.75) is 6.54 Å². The van der Waals surface area contributed by atoms with Crippen molar-refractivity contribution in [3.05, 3.63) is 51.5 Å². The van der Waals surface area contributed by atoms with E-state index in [2.05, 4.69) is 15.0 Å². The number of H-pyrrole nitrogens is 2. The number of aromatic nitrogens is 4. The van der Waals surface area contributed by atoms with Crippen LogP contribution in [0.3, 0.4) is 0 Å². The van der Waals surface area contributed by atoms with Crippen molar-refractivity contribution in [3.8, 4) is 0 Å². The zero-order valence-corrected chi connectivity index (χ0v) is 10.6. The van der Waals surface area contributed by atoms with E-state index in [1.165, 1.54) is 0 Å². The quantitative estimate of drug-likeness (QED) is 0.605. The number of nitrogens with zero attached hydrogens (tertiary/aromatic N) is 2. The number of nitrogens with one attached hydrogen (secondary N) is 2. The van der Waals surface area contributed by atoms with Gasteiger partial charge < -0.3 is 5.73 Å². The first-order valence-electron chi connectivity index (χ1n) is 5.64. The van der Waals surface area contributed by atoms with Crippen LogP contribution in [0.1, 0.15) is 5.56 Å². The summed E-state index contributed by atoms with van der Waals surface area (Å²) >= 11 is 5.84.